The first-order valence-electron chi connectivity index (χ1n) is 25.7. The number of thiophene rings is 2. The Morgan fingerprint density at radius 3 is 1.32 bits per heavy atom. The molecule has 2 aliphatic heterocycles. The van der Waals surface area contributed by atoms with E-state index < -0.39 is 0 Å². The first kappa shape index (κ1) is 49.2. The quantitative estimate of drug-likeness (QED) is 0.0880. The molecule has 0 atom stereocenters. The van der Waals surface area contributed by atoms with Crippen molar-refractivity contribution in [2.75, 3.05) is 79.9 Å². The number of ketones is 2. The van der Waals surface area contributed by atoms with Crippen LogP contribution in [0.1, 0.15) is 143 Å². The van der Waals surface area contributed by atoms with Gasteiger partial charge in [0.05, 0.1) is 27.4 Å². The number of carbonyl (C=O) groups is 2. The van der Waals surface area contributed by atoms with Gasteiger partial charge in [0.1, 0.15) is 36.2 Å². The zero-order valence-corrected chi connectivity index (χ0v) is 42.4. The lowest BCUT2D eigenvalue weighted by Crippen LogP contribution is -2.38. The standard InChI is InChI=1S/C30H37NO3S.C28H33NO4S/c1-33-25-15-16-26-27(21-25)35-30(23-9-5-4-6-10-23)28(26)29(32)22-11-13-24(14-12-22)34-20-19-31-17-7-2-3-8-18-31;1-31-23-11-12-24-25(19-23)34-28(21-5-3-2-4-6-21)26(24)27(30)20-7-9-22(10-8-20)33-18-15-29-13-16-32-17-14-29/h11-16,21,23H,2-10,17-20H2,1H3;7-12,19,21H,2-6,13-18H2,1H3. The minimum atomic E-state index is 0.108. The van der Waals surface area contributed by atoms with Gasteiger partial charge < -0.3 is 23.7 Å². The van der Waals surface area contributed by atoms with Crippen LogP contribution in [0, 0.1) is 0 Å². The van der Waals surface area contributed by atoms with Gasteiger partial charge in [0.25, 0.3) is 0 Å². The van der Waals surface area contributed by atoms with Crippen LogP contribution in [0.4, 0.5) is 0 Å². The summed E-state index contributed by atoms with van der Waals surface area (Å²) in [4.78, 5) is 35.0. The maximum Gasteiger partial charge on any atom is 0.194 e. The molecule has 4 fully saturated rings. The summed E-state index contributed by atoms with van der Waals surface area (Å²) < 4.78 is 30.5. The highest BCUT2D eigenvalue weighted by molar-refractivity contribution is 7.20. The van der Waals surface area contributed by atoms with Crippen LogP contribution in [0.15, 0.2) is 84.9 Å². The number of hydrogen-bond acceptors (Lipinski definition) is 11. The highest BCUT2D eigenvalue weighted by Crippen LogP contribution is 2.46. The molecule has 2 saturated heterocycles. The van der Waals surface area contributed by atoms with Gasteiger partial charge in [-0.2, -0.15) is 0 Å². The molecular weight excluding hydrogens is 901 g/mol. The average molecular weight is 971 g/mol. The van der Waals surface area contributed by atoms with Gasteiger partial charge in [0.2, 0.25) is 0 Å². The number of likely N-dealkylation sites (tertiary alicyclic amines) is 1. The predicted octanol–water partition coefficient (Wildman–Crippen LogP) is 13.3. The molecule has 2 aliphatic carbocycles. The molecule has 0 N–H and O–H groups in total. The lowest BCUT2D eigenvalue weighted by molar-refractivity contribution is 0.0322. The molecule has 0 radical (unpaired) electrons. The minimum absolute atomic E-state index is 0.108. The molecule has 366 valence electrons. The smallest absolute Gasteiger partial charge is 0.194 e. The number of hydrogen-bond donors (Lipinski definition) is 0. The number of nitrogens with zero attached hydrogens (tertiary/aromatic N) is 2. The van der Waals surface area contributed by atoms with E-state index in [1.54, 1.807) is 36.9 Å². The number of fused-ring (bicyclic) bond motifs is 2. The van der Waals surface area contributed by atoms with E-state index in [9.17, 15) is 9.59 Å². The fourth-order valence-electron chi connectivity index (χ4n) is 10.7. The van der Waals surface area contributed by atoms with Crippen molar-refractivity contribution in [1.82, 2.24) is 9.80 Å². The van der Waals surface area contributed by atoms with Crippen LogP contribution in [0.2, 0.25) is 0 Å². The Kier molecular flexibility index (Phi) is 17.4. The second-order valence-electron chi connectivity index (χ2n) is 19.2. The molecule has 4 aromatic carbocycles. The van der Waals surface area contributed by atoms with Crippen molar-refractivity contribution in [2.24, 2.45) is 0 Å². The van der Waals surface area contributed by atoms with Crippen molar-refractivity contribution in [1.29, 1.82) is 0 Å². The van der Waals surface area contributed by atoms with E-state index in [2.05, 4.69) is 28.0 Å². The molecule has 0 spiro atoms. The monoisotopic (exact) mass is 970 g/mol. The van der Waals surface area contributed by atoms with Crippen LogP contribution < -0.4 is 18.9 Å². The first-order valence-corrected chi connectivity index (χ1v) is 27.4. The Bertz CT molecular complexity index is 2590. The SMILES string of the molecule is COc1ccc2c(C(=O)c3ccc(OCCN4CCCCCC4)cc3)c(C3CCCCC3)sc2c1.COc1ccc2c(C(=O)c3ccc(OCCN4CCOCC4)cc3)c(C3CCCCC3)sc2c1. The van der Waals surface area contributed by atoms with Gasteiger partial charge in [0, 0.05) is 78.4 Å². The summed E-state index contributed by atoms with van der Waals surface area (Å²) >= 11 is 3.55. The molecule has 0 amide bonds. The Hall–Kier alpha value is -4.78. The molecule has 0 bridgehead atoms. The van der Waals surface area contributed by atoms with Crippen molar-refractivity contribution in [2.45, 2.75) is 102 Å². The molecule has 10 rings (SSSR count). The molecule has 9 nitrogen and oxygen atoms in total. The summed E-state index contributed by atoms with van der Waals surface area (Å²) in [7, 11) is 3.38. The van der Waals surface area contributed by atoms with E-state index in [0.29, 0.717) is 30.6 Å². The Balaban J connectivity index is 0.000000172. The van der Waals surface area contributed by atoms with E-state index in [4.69, 9.17) is 23.7 Å². The predicted molar refractivity (Wildman–Crippen MR) is 281 cm³/mol. The number of benzene rings is 4. The molecule has 69 heavy (non-hydrogen) atoms. The van der Waals surface area contributed by atoms with Crippen LogP contribution in [-0.2, 0) is 4.74 Å². The molecular formula is C58H70N2O7S2. The van der Waals surface area contributed by atoms with Crippen molar-refractivity contribution >= 4 is 54.4 Å². The molecule has 4 aliphatic rings. The van der Waals surface area contributed by atoms with Crippen LogP contribution in [-0.4, -0.2) is 101 Å². The normalized spacial score (nSPS) is 17.8. The molecule has 6 aromatic rings. The minimum Gasteiger partial charge on any atom is -0.497 e. The maximum absolute atomic E-state index is 13.8. The van der Waals surface area contributed by atoms with E-state index >= 15 is 0 Å². The third-order valence-corrected chi connectivity index (χ3v) is 17.3. The summed E-state index contributed by atoms with van der Waals surface area (Å²) in [6.45, 7) is 9.05. The van der Waals surface area contributed by atoms with Gasteiger partial charge in [-0.3, -0.25) is 19.4 Å². The molecule has 11 heteroatoms. The number of carbonyl (C=O) groups excluding carboxylic acids is 2. The fourth-order valence-corrected chi connectivity index (χ4v) is 13.5. The number of ether oxygens (including phenoxy) is 5. The maximum atomic E-state index is 13.8. The Labute approximate surface area is 417 Å². The van der Waals surface area contributed by atoms with Crippen molar-refractivity contribution in [3.05, 3.63) is 117 Å². The summed E-state index contributed by atoms with van der Waals surface area (Å²) in [6, 6.07) is 27.6. The van der Waals surface area contributed by atoms with E-state index in [1.165, 1.54) is 113 Å². The van der Waals surface area contributed by atoms with Gasteiger partial charge in [-0.15, -0.1) is 22.7 Å². The van der Waals surface area contributed by atoms with Gasteiger partial charge in [-0.25, -0.2) is 0 Å². The molecule has 4 heterocycles. The largest absolute Gasteiger partial charge is 0.497 e. The van der Waals surface area contributed by atoms with E-state index in [0.717, 1.165) is 99.3 Å². The van der Waals surface area contributed by atoms with Crippen molar-refractivity contribution in [3.63, 3.8) is 0 Å². The highest BCUT2D eigenvalue weighted by Gasteiger charge is 2.29. The van der Waals surface area contributed by atoms with Crippen LogP contribution in [0.3, 0.4) is 0 Å². The topological polar surface area (TPSA) is 86.8 Å². The third-order valence-electron chi connectivity index (χ3n) is 14.6. The second-order valence-corrected chi connectivity index (χ2v) is 21.4. The van der Waals surface area contributed by atoms with E-state index in [-0.39, 0.29) is 11.6 Å². The summed E-state index contributed by atoms with van der Waals surface area (Å²) in [5, 5.41) is 2.10. The van der Waals surface area contributed by atoms with Gasteiger partial charge in [0.15, 0.2) is 11.6 Å². The number of rotatable bonds is 16. The second kappa shape index (κ2) is 24.4. The van der Waals surface area contributed by atoms with Crippen molar-refractivity contribution in [3.8, 4) is 23.0 Å². The summed E-state index contributed by atoms with van der Waals surface area (Å²) in [6.07, 6.45) is 17.6. The molecule has 2 aromatic heterocycles. The summed E-state index contributed by atoms with van der Waals surface area (Å²) in [5.74, 6) is 4.50. The third kappa shape index (κ3) is 12.4. The lowest BCUT2D eigenvalue weighted by Gasteiger charge is -2.26. The van der Waals surface area contributed by atoms with Gasteiger partial charge in [-0.1, -0.05) is 51.4 Å². The molecule has 2 saturated carbocycles. The lowest BCUT2D eigenvalue weighted by atomic mass is 9.85. The zero-order valence-electron chi connectivity index (χ0n) is 40.8. The molecule has 0 unspecified atom stereocenters. The van der Waals surface area contributed by atoms with Crippen LogP contribution >= 0.6 is 22.7 Å². The average Bonchev–Trinajstić information content (AvgIpc) is 3.87. The Morgan fingerprint density at radius 2 is 0.899 bits per heavy atom. The fraction of sp³-hybridized carbons (Fsp3) is 0.483. The van der Waals surface area contributed by atoms with E-state index in [1.807, 2.05) is 66.7 Å². The summed E-state index contributed by atoms with van der Waals surface area (Å²) in [5.41, 5.74) is 3.23. The number of morpholine rings is 1. The Morgan fingerprint density at radius 1 is 0.507 bits per heavy atom. The zero-order chi connectivity index (χ0) is 47.4. The highest BCUT2D eigenvalue weighted by atomic mass is 32.1. The number of methoxy groups -OCH3 is 2. The first-order chi connectivity index (χ1) is 33.9. The van der Waals surface area contributed by atoms with Gasteiger partial charge >= 0.3 is 0 Å². The van der Waals surface area contributed by atoms with Gasteiger partial charge in [-0.05, 0) is 148 Å². The van der Waals surface area contributed by atoms with Crippen LogP contribution in [0.5, 0.6) is 23.0 Å². The van der Waals surface area contributed by atoms with Crippen LogP contribution in [0.25, 0.3) is 20.2 Å². The van der Waals surface area contributed by atoms with Crippen molar-refractivity contribution < 1.29 is 33.3 Å².